The number of ketones is 1. The number of esters is 2. The summed E-state index contributed by atoms with van der Waals surface area (Å²) in [5, 5.41) is 35.3. The lowest BCUT2D eigenvalue weighted by atomic mass is 9.59. The number of fused-ring (bicyclic) bond motifs is 3. The fraction of sp³-hybridized carbons (Fsp3) is 0.806. The van der Waals surface area contributed by atoms with Gasteiger partial charge < -0.3 is 24.8 Å². The summed E-state index contributed by atoms with van der Waals surface area (Å²) >= 11 is 0. The number of aliphatic hydroxyl groups excluding tert-OH is 2. The Morgan fingerprint density at radius 3 is 2.14 bits per heavy atom. The second-order valence-corrected chi connectivity index (χ2v) is 14.7. The number of aliphatic hydroxyl groups is 3. The first-order valence-electron chi connectivity index (χ1n) is 17.2. The van der Waals surface area contributed by atoms with E-state index in [2.05, 4.69) is 6.92 Å². The smallest absolute Gasteiger partial charge is 0.306 e. The highest BCUT2D eigenvalue weighted by molar-refractivity contribution is 5.96. The van der Waals surface area contributed by atoms with Gasteiger partial charge in [-0.3, -0.25) is 14.4 Å². The summed E-state index contributed by atoms with van der Waals surface area (Å²) in [4.78, 5) is 40.3. The molecule has 8 heteroatoms. The fourth-order valence-corrected chi connectivity index (χ4v) is 8.99. The third-order valence-electron chi connectivity index (χ3n) is 11.5. The number of Topliss-reactive ketones (excluding diaryl/α,β-unsaturated/α-hetero) is 1. The van der Waals surface area contributed by atoms with E-state index in [4.69, 9.17) is 9.47 Å². The van der Waals surface area contributed by atoms with Gasteiger partial charge in [0.15, 0.2) is 5.78 Å². The van der Waals surface area contributed by atoms with Crippen molar-refractivity contribution in [3.8, 4) is 0 Å². The highest BCUT2D eigenvalue weighted by atomic mass is 16.6. The maximum absolute atomic E-state index is 14.7. The Balaban J connectivity index is 1.58. The molecule has 0 aromatic heterocycles. The average Bonchev–Trinajstić information content (AvgIpc) is 3.38. The summed E-state index contributed by atoms with van der Waals surface area (Å²) in [7, 11) is 0. The van der Waals surface area contributed by atoms with Gasteiger partial charge in [-0.1, -0.05) is 98.1 Å². The second-order valence-electron chi connectivity index (χ2n) is 14.7. The molecule has 0 radical (unpaired) electrons. The molecule has 0 heterocycles. The Morgan fingerprint density at radius 1 is 0.909 bits per heavy atom. The zero-order chi connectivity index (χ0) is 32.5. The van der Waals surface area contributed by atoms with Gasteiger partial charge in [0.25, 0.3) is 0 Å². The summed E-state index contributed by atoms with van der Waals surface area (Å²) < 4.78 is 11.8. The molecule has 2 saturated carbocycles. The van der Waals surface area contributed by atoms with Gasteiger partial charge in [-0.15, -0.1) is 0 Å². The van der Waals surface area contributed by atoms with Crippen LogP contribution >= 0.6 is 0 Å². The third kappa shape index (κ3) is 5.62. The van der Waals surface area contributed by atoms with Crippen LogP contribution in [0.1, 0.15) is 125 Å². The molecule has 0 aromatic rings. The summed E-state index contributed by atoms with van der Waals surface area (Å²) in [5.41, 5.74) is -4.75. The van der Waals surface area contributed by atoms with Gasteiger partial charge in [-0.05, 0) is 43.3 Å². The van der Waals surface area contributed by atoms with Crippen LogP contribution in [0.5, 0.6) is 0 Å². The minimum atomic E-state index is -2.26. The lowest BCUT2D eigenvalue weighted by Crippen LogP contribution is -2.65. The van der Waals surface area contributed by atoms with E-state index in [-0.39, 0.29) is 30.4 Å². The Morgan fingerprint density at radius 2 is 1.52 bits per heavy atom. The predicted molar refractivity (Wildman–Crippen MR) is 167 cm³/mol. The zero-order valence-corrected chi connectivity index (χ0v) is 27.8. The van der Waals surface area contributed by atoms with Crippen molar-refractivity contribution >= 4 is 17.7 Å². The van der Waals surface area contributed by atoms with Crippen LogP contribution in [0.2, 0.25) is 0 Å². The lowest BCUT2D eigenvalue weighted by Gasteiger charge is -2.48. The number of unbranched alkanes of at least 4 members (excludes halogenated alkanes) is 8. The molecule has 8 atom stereocenters. The summed E-state index contributed by atoms with van der Waals surface area (Å²) in [5.74, 6) is -2.79. The van der Waals surface area contributed by atoms with E-state index in [1.54, 1.807) is 19.1 Å². The highest BCUT2D eigenvalue weighted by Gasteiger charge is 2.83. The van der Waals surface area contributed by atoms with E-state index < -0.39 is 58.0 Å². The summed E-state index contributed by atoms with van der Waals surface area (Å²) in [6.07, 6.45) is 11.9. The van der Waals surface area contributed by atoms with Crippen molar-refractivity contribution in [1.82, 2.24) is 0 Å². The van der Waals surface area contributed by atoms with Gasteiger partial charge in [-0.25, -0.2) is 0 Å². The van der Waals surface area contributed by atoms with Gasteiger partial charge in [0.1, 0.15) is 30.0 Å². The molecule has 4 aliphatic rings. The van der Waals surface area contributed by atoms with E-state index in [0.29, 0.717) is 24.8 Å². The number of ether oxygens (including phenoxy) is 2. The molecule has 0 amide bonds. The SMILES string of the molecule is CCCCCCCCCCCC(=O)O[C@@]12C[C@@H](C)[C@]34C=C(C)[C@H](O)[C@@]3(O)[C@H](O)C(COC(=O)CCC)=C[C@H](C4=O)[C@@H]1C2(C)C. The van der Waals surface area contributed by atoms with Crippen LogP contribution in [-0.4, -0.2) is 63.1 Å². The first kappa shape index (κ1) is 34.8. The molecule has 0 unspecified atom stereocenters. The molecule has 0 saturated heterocycles. The van der Waals surface area contributed by atoms with E-state index >= 15 is 0 Å². The van der Waals surface area contributed by atoms with Gasteiger partial charge in [0.05, 0.1) is 5.41 Å². The van der Waals surface area contributed by atoms with Gasteiger partial charge in [-0.2, -0.15) is 0 Å². The van der Waals surface area contributed by atoms with Gasteiger partial charge in [0, 0.05) is 30.1 Å². The Hall–Kier alpha value is -2.03. The Labute approximate surface area is 263 Å². The monoisotopic (exact) mass is 616 g/mol. The van der Waals surface area contributed by atoms with Crippen LogP contribution in [0.25, 0.3) is 0 Å². The molecule has 248 valence electrons. The van der Waals surface area contributed by atoms with E-state index in [1.165, 1.54) is 38.5 Å². The van der Waals surface area contributed by atoms with Crippen LogP contribution in [0.15, 0.2) is 23.3 Å². The number of carbonyl (C=O) groups excluding carboxylic acids is 3. The molecule has 0 aromatic carbocycles. The largest absolute Gasteiger partial charge is 0.461 e. The zero-order valence-electron chi connectivity index (χ0n) is 27.8. The van der Waals surface area contributed by atoms with Crippen molar-refractivity contribution in [3.05, 3.63) is 23.3 Å². The number of hydrogen-bond donors (Lipinski definition) is 3. The van der Waals surface area contributed by atoms with Crippen molar-refractivity contribution in [2.45, 2.75) is 148 Å². The Bertz CT molecular complexity index is 1150. The van der Waals surface area contributed by atoms with Crippen molar-refractivity contribution in [2.75, 3.05) is 6.61 Å². The van der Waals surface area contributed by atoms with Crippen LogP contribution in [0.3, 0.4) is 0 Å². The van der Waals surface area contributed by atoms with Crippen LogP contribution in [0, 0.1) is 28.6 Å². The molecule has 2 fully saturated rings. The van der Waals surface area contributed by atoms with Gasteiger partial charge >= 0.3 is 11.9 Å². The number of carbonyl (C=O) groups is 3. The molecular weight excluding hydrogens is 560 g/mol. The van der Waals surface area contributed by atoms with E-state index in [9.17, 15) is 29.7 Å². The Kier molecular flexibility index (Phi) is 10.6. The molecular formula is C36H56O8. The predicted octanol–water partition coefficient (Wildman–Crippen LogP) is 5.75. The molecule has 2 bridgehead atoms. The lowest BCUT2D eigenvalue weighted by molar-refractivity contribution is -0.192. The minimum Gasteiger partial charge on any atom is -0.461 e. The number of rotatable bonds is 15. The molecule has 1 spiro atoms. The summed E-state index contributed by atoms with van der Waals surface area (Å²) in [6, 6.07) is 0. The number of allylic oxidation sites excluding steroid dienone is 1. The van der Waals surface area contributed by atoms with Crippen molar-refractivity contribution in [3.63, 3.8) is 0 Å². The molecule has 4 aliphatic carbocycles. The summed E-state index contributed by atoms with van der Waals surface area (Å²) in [6.45, 7) is 11.3. The van der Waals surface area contributed by atoms with E-state index in [0.717, 1.165) is 19.3 Å². The first-order chi connectivity index (χ1) is 20.8. The second kappa shape index (κ2) is 13.4. The first-order valence-corrected chi connectivity index (χ1v) is 17.2. The third-order valence-corrected chi connectivity index (χ3v) is 11.5. The maximum atomic E-state index is 14.7. The highest BCUT2D eigenvalue weighted by Crippen LogP contribution is 2.75. The molecule has 0 aliphatic heterocycles. The molecule has 44 heavy (non-hydrogen) atoms. The van der Waals surface area contributed by atoms with Crippen molar-refractivity contribution in [2.24, 2.45) is 28.6 Å². The average molecular weight is 617 g/mol. The molecule has 4 rings (SSSR count). The van der Waals surface area contributed by atoms with Crippen LogP contribution in [-0.2, 0) is 23.9 Å². The van der Waals surface area contributed by atoms with Gasteiger partial charge in [0.2, 0.25) is 0 Å². The van der Waals surface area contributed by atoms with Crippen LogP contribution in [0.4, 0.5) is 0 Å². The number of hydrogen-bond acceptors (Lipinski definition) is 8. The maximum Gasteiger partial charge on any atom is 0.306 e. The van der Waals surface area contributed by atoms with Crippen molar-refractivity contribution in [1.29, 1.82) is 0 Å². The van der Waals surface area contributed by atoms with E-state index in [1.807, 2.05) is 27.7 Å². The standard InChI is InChI=1S/C36H56O8/c1-7-9-10-11-12-13-14-15-16-18-28(38)44-35-21-24(4)34-20-23(3)30(39)36(34,42)31(40)25(22-43-27(37)17-8-2)19-26(32(34)41)29(35)33(35,5)6/h19-20,24,26,29-31,39-40,42H,7-18,21-22H2,1-6H3/t24-,26+,29-,30+,31-,34+,35+,36-/m1/s1. The molecule has 3 N–H and O–H groups in total. The normalized spacial score (nSPS) is 36.8. The molecule has 8 nitrogen and oxygen atoms in total. The van der Waals surface area contributed by atoms with Crippen molar-refractivity contribution < 1.29 is 39.2 Å². The quantitative estimate of drug-likeness (QED) is 0.120. The topological polar surface area (TPSA) is 130 Å². The van der Waals surface area contributed by atoms with Crippen LogP contribution < -0.4 is 0 Å². The fourth-order valence-electron chi connectivity index (χ4n) is 8.99. The minimum absolute atomic E-state index is 0.186.